The van der Waals surface area contributed by atoms with Gasteiger partial charge in [0.2, 0.25) is 0 Å². The Morgan fingerprint density at radius 2 is 1.64 bits per heavy atom. The molecule has 2 aromatic carbocycles. The van der Waals surface area contributed by atoms with E-state index in [0.29, 0.717) is 0 Å². The maximum Gasteiger partial charge on any atom is 0.282 e. The Morgan fingerprint density at radius 3 is 2.32 bits per heavy atom. The van der Waals surface area contributed by atoms with Crippen LogP contribution in [0.15, 0.2) is 42.5 Å². The Kier molecular flexibility index (Phi) is 6.60. The van der Waals surface area contributed by atoms with Crippen molar-refractivity contribution in [3.8, 4) is 0 Å². The molecular weight excluding hydrogens is 401 g/mol. The van der Waals surface area contributed by atoms with Gasteiger partial charge in [-0.25, -0.2) is 4.39 Å². The molecule has 0 bridgehead atoms. The van der Waals surface area contributed by atoms with Crippen LogP contribution in [0.3, 0.4) is 0 Å². The highest BCUT2D eigenvalue weighted by atomic mass is 35.5. The summed E-state index contributed by atoms with van der Waals surface area (Å²) in [5, 5.41) is 0.212. The summed E-state index contributed by atoms with van der Waals surface area (Å²) >= 11 is 6.05. The van der Waals surface area contributed by atoms with E-state index in [4.69, 9.17) is 11.6 Å². The molecule has 1 fully saturated rings. The minimum atomic E-state index is -3.79. The van der Waals surface area contributed by atoms with Gasteiger partial charge < -0.3 is 4.90 Å². The lowest BCUT2D eigenvalue weighted by atomic mass is 10.1. The fraction of sp³-hybridized carbons (Fsp3) is 0.400. The van der Waals surface area contributed by atoms with Crippen LogP contribution in [0.2, 0.25) is 5.02 Å². The van der Waals surface area contributed by atoms with Crippen LogP contribution in [0.25, 0.3) is 0 Å². The van der Waals surface area contributed by atoms with Gasteiger partial charge in [0.05, 0.1) is 0 Å². The number of hydrogen-bond donors (Lipinski definition) is 0. The van der Waals surface area contributed by atoms with E-state index < -0.39 is 16.0 Å². The molecule has 152 valence electrons. The van der Waals surface area contributed by atoms with Crippen LogP contribution in [0.4, 0.5) is 10.1 Å². The Balaban J connectivity index is 1.77. The largest absolute Gasteiger partial charge is 0.371 e. The van der Waals surface area contributed by atoms with E-state index in [1.165, 1.54) is 30.5 Å². The van der Waals surface area contributed by atoms with Crippen molar-refractivity contribution in [2.24, 2.45) is 0 Å². The van der Waals surface area contributed by atoms with E-state index in [2.05, 4.69) is 4.90 Å². The van der Waals surface area contributed by atoms with Crippen LogP contribution in [0, 0.1) is 5.82 Å². The minimum absolute atomic E-state index is 0.133. The van der Waals surface area contributed by atoms with Gasteiger partial charge in [-0.2, -0.15) is 17.0 Å². The Bertz CT molecular complexity index is 913. The monoisotopic (exact) mass is 425 g/mol. The van der Waals surface area contributed by atoms with Gasteiger partial charge in [-0.05, 0) is 36.6 Å². The molecule has 1 aliphatic heterocycles. The van der Waals surface area contributed by atoms with Gasteiger partial charge >= 0.3 is 0 Å². The second kappa shape index (κ2) is 8.78. The summed E-state index contributed by atoms with van der Waals surface area (Å²) < 4.78 is 42.4. The highest BCUT2D eigenvalue weighted by molar-refractivity contribution is 7.86. The van der Waals surface area contributed by atoms with Crippen LogP contribution < -0.4 is 4.90 Å². The maximum absolute atomic E-state index is 14.0. The molecule has 0 saturated carbocycles. The van der Waals surface area contributed by atoms with E-state index in [1.807, 2.05) is 24.3 Å². The highest BCUT2D eigenvalue weighted by Gasteiger charge is 2.27. The molecule has 0 spiro atoms. The van der Waals surface area contributed by atoms with Crippen molar-refractivity contribution in [1.29, 1.82) is 0 Å². The van der Waals surface area contributed by atoms with Crippen LogP contribution in [0.1, 0.15) is 24.0 Å². The third-order valence-electron chi connectivity index (χ3n) is 5.06. The number of anilines is 1. The Hall–Kier alpha value is -1.67. The number of benzene rings is 2. The lowest BCUT2D eigenvalue weighted by molar-refractivity contribution is 0.383. The number of hydrogen-bond acceptors (Lipinski definition) is 3. The molecule has 1 heterocycles. The molecule has 0 unspecified atom stereocenters. The number of rotatable bonds is 7. The molecule has 3 rings (SSSR count). The van der Waals surface area contributed by atoms with Crippen LogP contribution in [-0.4, -0.2) is 44.2 Å². The second-order valence-electron chi connectivity index (χ2n) is 7.04. The standard InChI is InChI=1S/C20H25ClFN3O2S/c1-23(14-16-8-3-4-11-20(16)25-12-5-6-13-25)28(26,27)24(2)15-17-18(21)9-7-10-19(17)22/h3-4,7-11H,5-6,12-15H2,1-2H3. The van der Waals surface area contributed by atoms with E-state index in [-0.39, 0.29) is 23.7 Å². The van der Waals surface area contributed by atoms with E-state index in [9.17, 15) is 12.8 Å². The zero-order valence-electron chi connectivity index (χ0n) is 16.1. The zero-order chi connectivity index (χ0) is 20.3. The number of para-hydroxylation sites is 1. The Morgan fingerprint density at radius 1 is 1.00 bits per heavy atom. The van der Waals surface area contributed by atoms with E-state index in [1.54, 1.807) is 6.07 Å². The molecule has 1 saturated heterocycles. The van der Waals surface area contributed by atoms with Crippen molar-refractivity contribution in [2.75, 3.05) is 32.1 Å². The molecule has 0 N–H and O–H groups in total. The summed E-state index contributed by atoms with van der Waals surface area (Å²) in [4.78, 5) is 2.29. The number of nitrogens with zero attached hydrogens (tertiary/aromatic N) is 3. The predicted octanol–water partition coefficient (Wildman–Crippen LogP) is 3.89. The first kappa shape index (κ1) is 21.0. The first-order chi connectivity index (χ1) is 13.3. The molecule has 0 aliphatic carbocycles. The van der Waals surface area contributed by atoms with Crippen molar-refractivity contribution in [1.82, 2.24) is 8.61 Å². The molecule has 0 radical (unpaired) electrons. The van der Waals surface area contributed by atoms with Gasteiger partial charge in [-0.3, -0.25) is 0 Å². The molecule has 8 heteroatoms. The molecule has 2 aromatic rings. The van der Waals surface area contributed by atoms with Gasteiger partial charge in [0.1, 0.15) is 5.82 Å². The average molecular weight is 426 g/mol. The van der Waals surface area contributed by atoms with Crippen molar-refractivity contribution >= 4 is 27.5 Å². The predicted molar refractivity (Wildman–Crippen MR) is 111 cm³/mol. The van der Waals surface area contributed by atoms with Crippen LogP contribution >= 0.6 is 11.6 Å². The first-order valence-electron chi connectivity index (χ1n) is 9.24. The van der Waals surface area contributed by atoms with Gasteiger partial charge in [-0.15, -0.1) is 0 Å². The van der Waals surface area contributed by atoms with Crippen molar-refractivity contribution in [2.45, 2.75) is 25.9 Å². The summed E-state index contributed by atoms with van der Waals surface area (Å²) in [7, 11) is -0.818. The average Bonchev–Trinajstić information content (AvgIpc) is 3.19. The van der Waals surface area contributed by atoms with Crippen LogP contribution in [-0.2, 0) is 23.3 Å². The summed E-state index contributed by atoms with van der Waals surface area (Å²) in [6.07, 6.45) is 2.29. The molecule has 0 amide bonds. The van der Waals surface area contributed by atoms with Crippen molar-refractivity contribution in [3.63, 3.8) is 0 Å². The fourth-order valence-corrected chi connectivity index (χ4v) is 4.75. The van der Waals surface area contributed by atoms with Gasteiger partial charge in [0, 0.05) is 56.5 Å². The van der Waals surface area contributed by atoms with Crippen LogP contribution in [0.5, 0.6) is 0 Å². The quantitative estimate of drug-likeness (QED) is 0.676. The first-order valence-corrected chi connectivity index (χ1v) is 11.0. The zero-order valence-corrected chi connectivity index (χ0v) is 17.7. The molecular formula is C20H25ClFN3O2S. The van der Waals surface area contributed by atoms with Gasteiger partial charge in [0.15, 0.2) is 0 Å². The summed E-state index contributed by atoms with van der Waals surface area (Å²) in [5.74, 6) is -0.517. The highest BCUT2D eigenvalue weighted by Crippen LogP contribution is 2.27. The normalized spacial score (nSPS) is 15.0. The number of halogens is 2. The van der Waals surface area contributed by atoms with E-state index in [0.717, 1.165) is 41.5 Å². The van der Waals surface area contributed by atoms with Gasteiger partial charge in [0.25, 0.3) is 10.2 Å². The third-order valence-corrected chi connectivity index (χ3v) is 7.25. The molecule has 28 heavy (non-hydrogen) atoms. The third kappa shape index (κ3) is 4.49. The molecule has 0 aromatic heterocycles. The molecule has 0 atom stereocenters. The fourth-order valence-electron chi connectivity index (χ4n) is 3.46. The van der Waals surface area contributed by atoms with Gasteiger partial charge in [-0.1, -0.05) is 35.9 Å². The maximum atomic E-state index is 14.0. The minimum Gasteiger partial charge on any atom is -0.371 e. The lowest BCUT2D eigenvalue weighted by Crippen LogP contribution is -2.39. The van der Waals surface area contributed by atoms with Crippen molar-refractivity contribution < 1.29 is 12.8 Å². The lowest BCUT2D eigenvalue weighted by Gasteiger charge is -2.27. The van der Waals surface area contributed by atoms with E-state index >= 15 is 0 Å². The molecule has 5 nitrogen and oxygen atoms in total. The summed E-state index contributed by atoms with van der Waals surface area (Å²) in [6, 6.07) is 12.2. The second-order valence-corrected chi connectivity index (χ2v) is 9.59. The SMILES string of the molecule is CN(Cc1ccccc1N1CCCC1)S(=O)(=O)N(C)Cc1c(F)cccc1Cl. The van der Waals surface area contributed by atoms with Crippen molar-refractivity contribution in [3.05, 3.63) is 64.4 Å². The Labute approximate surface area is 171 Å². The summed E-state index contributed by atoms with van der Waals surface area (Å²) in [6.45, 7) is 2.08. The summed E-state index contributed by atoms with van der Waals surface area (Å²) in [5.41, 5.74) is 2.19. The molecule has 1 aliphatic rings. The topological polar surface area (TPSA) is 43.9 Å². The smallest absolute Gasteiger partial charge is 0.282 e.